The lowest BCUT2D eigenvalue weighted by Crippen LogP contribution is -2.44. The third-order valence-corrected chi connectivity index (χ3v) is 3.71. The van der Waals surface area contributed by atoms with Crippen LogP contribution in [-0.2, 0) is 9.59 Å². The predicted molar refractivity (Wildman–Crippen MR) is 70.8 cm³/mol. The summed E-state index contributed by atoms with van der Waals surface area (Å²) in [5, 5.41) is 1.94. The molecule has 1 aromatic heterocycles. The molecule has 2 amide bonds. The van der Waals surface area contributed by atoms with E-state index in [0.717, 1.165) is 10.4 Å². The lowest BCUT2D eigenvalue weighted by atomic mass is 10.1. The monoisotopic (exact) mass is 270 g/mol. The molecule has 0 bridgehead atoms. The maximum Gasteiger partial charge on any atom is 0.231 e. The maximum absolute atomic E-state index is 11.1. The van der Waals surface area contributed by atoms with Crippen molar-refractivity contribution in [2.45, 2.75) is 13.0 Å². The van der Waals surface area contributed by atoms with Crippen molar-refractivity contribution < 1.29 is 9.59 Å². The quantitative estimate of drug-likeness (QED) is 0.609. The number of aryl methyl sites for hydroxylation is 1. The number of hydrogen-bond acceptors (Lipinski definition) is 5. The fourth-order valence-corrected chi connectivity index (χ4v) is 2.90. The first-order valence-electron chi connectivity index (χ1n) is 5.50. The van der Waals surface area contributed by atoms with Crippen LogP contribution >= 0.6 is 11.3 Å². The van der Waals surface area contributed by atoms with Crippen LogP contribution in [0.25, 0.3) is 0 Å². The summed E-state index contributed by atoms with van der Waals surface area (Å²) in [4.78, 5) is 24.8. The van der Waals surface area contributed by atoms with Crippen molar-refractivity contribution in [3.63, 3.8) is 0 Å². The number of rotatable bonds is 7. The van der Waals surface area contributed by atoms with Crippen LogP contribution in [0.3, 0.4) is 0 Å². The van der Waals surface area contributed by atoms with Gasteiger partial charge in [0.25, 0.3) is 0 Å². The molecule has 1 atom stereocenters. The summed E-state index contributed by atoms with van der Waals surface area (Å²) >= 11 is 1.54. The van der Waals surface area contributed by atoms with E-state index in [4.69, 9.17) is 17.2 Å². The Morgan fingerprint density at radius 3 is 2.22 bits per heavy atom. The van der Waals surface area contributed by atoms with Gasteiger partial charge in [-0.15, -0.1) is 11.3 Å². The minimum Gasteiger partial charge on any atom is -0.369 e. The topological polar surface area (TPSA) is 115 Å². The Bertz CT molecular complexity index is 416. The Hall–Kier alpha value is -1.44. The molecule has 0 aliphatic rings. The van der Waals surface area contributed by atoms with Gasteiger partial charge in [0.15, 0.2) is 0 Å². The number of carbonyl (C=O) groups is 2. The van der Waals surface area contributed by atoms with Crippen molar-refractivity contribution >= 4 is 23.2 Å². The van der Waals surface area contributed by atoms with Crippen molar-refractivity contribution in [2.75, 3.05) is 19.6 Å². The van der Waals surface area contributed by atoms with Crippen molar-refractivity contribution in [2.24, 2.45) is 17.2 Å². The average Bonchev–Trinajstić information content (AvgIpc) is 2.64. The van der Waals surface area contributed by atoms with Gasteiger partial charge in [-0.3, -0.25) is 14.5 Å². The molecule has 0 aliphatic carbocycles. The molecule has 0 aliphatic heterocycles. The fraction of sp³-hybridized carbons (Fsp3) is 0.455. The van der Waals surface area contributed by atoms with E-state index in [1.54, 1.807) is 4.90 Å². The summed E-state index contributed by atoms with van der Waals surface area (Å²) in [5.74, 6) is -1.02. The van der Waals surface area contributed by atoms with E-state index in [9.17, 15) is 9.59 Å². The van der Waals surface area contributed by atoms with Gasteiger partial charge < -0.3 is 17.2 Å². The van der Waals surface area contributed by atoms with Crippen molar-refractivity contribution in [1.82, 2.24) is 4.90 Å². The second-order valence-electron chi connectivity index (χ2n) is 4.06. The third-order valence-electron chi connectivity index (χ3n) is 2.59. The number of carbonyl (C=O) groups excluding carboxylic acids is 2. The minimum absolute atomic E-state index is 0.0395. The van der Waals surface area contributed by atoms with Crippen LogP contribution in [0.2, 0.25) is 0 Å². The maximum atomic E-state index is 11.1. The van der Waals surface area contributed by atoms with Gasteiger partial charge >= 0.3 is 0 Å². The van der Waals surface area contributed by atoms with E-state index in [-0.39, 0.29) is 19.1 Å². The van der Waals surface area contributed by atoms with E-state index in [2.05, 4.69) is 0 Å². The van der Waals surface area contributed by atoms with Crippen LogP contribution in [-0.4, -0.2) is 36.3 Å². The van der Waals surface area contributed by atoms with Crippen LogP contribution < -0.4 is 17.2 Å². The number of primary amides is 2. The largest absolute Gasteiger partial charge is 0.369 e. The molecular weight excluding hydrogens is 252 g/mol. The first-order chi connectivity index (χ1) is 8.45. The molecule has 0 spiro atoms. The Kier molecular flexibility index (Phi) is 5.26. The van der Waals surface area contributed by atoms with Crippen LogP contribution in [0.1, 0.15) is 16.5 Å². The first-order valence-corrected chi connectivity index (χ1v) is 6.38. The Morgan fingerprint density at radius 1 is 1.33 bits per heavy atom. The molecule has 0 saturated carbocycles. The smallest absolute Gasteiger partial charge is 0.231 e. The van der Waals surface area contributed by atoms with Gasteiger partial charge in [-0.25, -0.2) is 0 Å². The lowest BCUT2D eigenvalue weighted by molar-refractivity contribution is -0.122. The molecule has 18 heavy (non-hydrogen) atoms. The summed E-state index contributed by atoms with van der Waals surface area (Å²) in [7, 11) is 0. The summed E-state index contributed by atoms with van der Waals surface area (Å²) in [6.45, 7) is 2.17. The van der Waals surface area contributed by atoms with Crippen molar-refractivity contribution in [1.29, 1.82) is 0 Å². The zero-order valence-electron chi connectivity index (χ0n) is 10.3. The molecule has 0 radical (unpaired) electrons. The molecule has 1 heterocycles. The van der Waals surface area contributed by atoms with E-state index in [0.29, 0.717) is 6.54 Å². The molecule has 6 N–H and O–H groups in total. The second-order valence-corrected chi connectivity index (χ2v) is 5.00. The standard InChI is InChI=1S/C11H18N4O2S/c1-7-2-3-18-11(7)8(4-12)15(5-9(13)16)6-10(14)17/h2-3,8H,4-6,12H2,1H3,(H2,13,16)(H2,14,17). The highest BCUT2D eigenvalue weighted by atomic mass is 32.1. The van der Waals surface area contributed by atoms with Gasteiger partial charge in [0, 0.05) is 11.4 Å². The average molecular weight is 270 g/mol. The highest BCUT2D eigenvalue weighted by molar-refractivity contribution is 7.10. The van der Waals surface area contributed by atoms with Gasteiger partial charge in [-0.05, 0) is 23.9 Å². The van der Waals surface area contributed by atoms with Gasteiger partial charge in [0.05, 0.1) is 19.1 Å². The van der Waals surface area contributed by atoms with E-state index in [1.165, 1.54) is 11.3 Å². The Labute approximate surface area is 110 Å². The number of nitrogens with two attached hydrogens (primary N) is 3. The summed E-state index contributed by atoms with van der Waals surface area (Å²) in [5.41, 5.74) is 17.2. The Balaban J connectivity index is 2.96. The molecular formula is C11H18N4O2S. The summed E-state index contributed by atoms with van der Waals surface area (Å²) in [6, 6.07) is 1.75. The van der Waals surface area contributed by atoms with Gasteiger partial charge in [0.2, 0.25) is 11.8 Å². The normalized spacial score (nSPS) is 12.6. The van der Waals surface area contributed by atoms with E-state index >= 15 is 0 Å². The number of amides is 2. The zero-order valence-corrected chi connectivity index (χ0v) is 11.1. The van der Waals surface area contributed by atoms with Gasteiger partial charge in [-0.2, -0.15) is 0 Å². The molecule has 0 fully saturated rings. The van der Waals surface area contributed by atoms with Crippen molar-refractivity contribution in [3.8, 4) is 0 Å². The van der Waals surface area contributed by atoms with Gasteiger partial charge in [-0.1, -0.05) is 0 Å². The van der Waals surface area contributed by atoms with E-state index < -0.39 is 11.8 Å². The second kappa shape index (κ2) is 6.48. The van der Waals surface area contributed by atoms with Crippen LogP contribution in [0.5, 0.6) is 0 Å². The highest BCUT2D eigenvalue weighted by Gasteiger charge is 2.24. The van der Waals surface area contributed by atoms with Crippen molar-refractivity contribution in [3.05, 3.63) is 21.9 Å². The number of nitrogens with zero attached hydrogens (tertiary/aromatic N) is 1. The first kappa shape index (κ1) is 14.6. The summed E-state index contributed by atoms with van der Waals surface area (Å²) < 4.78 is 0. The minimum atomic E-state index is -0.510. The third kappa shape index (κ3) is 3.80. The van der Waals surface area contributed by atoms with E-state index in [1.807, 2.05) is 18.4 Å². The number of thiophene rings is 1. The SMILES string of the molecule is Cc1ccsc1C(CN)N(CC(N)=O)CC(N)=O. The fourth-order valence-electron chi connectivity index (χ4n) is 1.82. The molecule has 1 rings (SSSR count). The molecule has 1 aromatic rings. The van der Waals surface area contributed by atoms with Crippen LogP contribution in [0.4, 0.5) is 0 Å². The van der Waals surface area contributed by atoms with Crippen LogP contribution in [0, 0.1) is 6.92 Å². The molecule has 100 valence electrons. The van der Waals surface area contributed by atoms with Gasteiger partial charge in [0.1, 0.15) is 0 Å². The molecule has 0 saturated heterocycles. The molecule has 1 unspecified atom stereocenters. The molecule has 6 nitrogen and oxygen atoms in total. The zero-order chi connectivity index (χ0) is 13.7. The molecule has 0 aromatic carbocycles. The molecule has 7 heteroatoms. The highest BCUT2D eigenvalue weighted by Crippen LogP contribution is 2.27. The lowest BCUT2D eigenvalue weighted by Gasteiger charge is -2.28. The predicted octanol–water partition coefficient (Wildman–Crippen LogP) is -0.671. The summed E-state index contributed by atoms with van der Waals surface area (Å²) in [6.07, 6.45) is 0. The Morgan fingerprint density at radius 2 is 1.89 bits per heavy atom. The van der Waals surface area contributed by atoms with Crippen LogP contribution in [0.15, 0.2) is 11.4 Å². The number of hydrogen-bond donors (Lipinski definition) is 3.